The largest absolute Gasteiger partial charge is 0.466 e. The van der Waals surface area contributed by atoms with Gasteiger partial charge in [0.1, 0.15) is 0 Å². The zero-order valence-corrected chi connectivity index (χ0v) is 28.3. The van der Waals surface area contributed by atoms with Crippen LogP contribution in [0.3, 0.4) is 0 Å². The number of rotatable bonds is 31. The maximum atomic E-state index is 11.5. The van der Waals surface area contributed by atoms with Crippen molar-refractivity contribution >= 4 is 18.0 Å². The molecule has 0 aliphatic heterocycles. The van der Waals surface area contributed by atoms with E-state index >= 15 is 0 Å². The fourth-order valence-electron chi connectivity index (χ4n) is 4.70. The van der Waals surface area contributed by atoms with Crippen molar-refractivity contribution in [2.45, 2.75) is 181 Å². The molecule has 0 aromatic carbocycles. The number of ether oxygens (including phenoxy) is 2. The van der Waals surface area contributed by atoms with Gasteiger partial charge in [0.2, 0.25) is 0 Å². The van der Waals surface area contributed by atoms with Gasteiger partial charge in [-0.2, -0.15) is 0 Å². The van der Waals surface area contributed by atoms with Gasteiger partial charge in [-0.15, -0.1) is 0 Å². The Morgan fingerprint density at radius 3 is 1.26 bits per heavy atom. The lowest BCUT2D eigenvalue weighted by molar-refractivity contribution is -0.144. The van der Waals surface area contributed by atoms with Crippen molar-refractivity contribution in [2.24, 2.45) is 5.73 Å². The summed E-state index contributed by atoms with van der Waals surface area (Å²) in [7, 11) is 0. The normalized spacial score (nSPS) is 10.6. The Kier molecular flexibility index (Phi) is 38.5. The second-order valence-electron chi connectivity index (χ2n) is 11.7. The molecular formula is C35H70N2O6. The number of carbonyl (C=O) groups is 3. The average Bonchev–Trinajstić information content (AvgIpc) is 2.99. The molecule has 0 rings (SSSR count). The molecule has 0 bridgehead atoms. The van der Waals surface area contributed by atoms with Crippen molar-refractivity contribution in [3.63, 3.8) is 0 Å². The summed E-state index contributed by atoms with van der Waals surface area (Å²) in [6.45, 7) is 6.87. The minimum absolute atomic E-state index is 0.0271. The van der Waals surface area contributed by atoms with Gasteiger partial charge < -0.3 is 25.6 Å². The average molecular weight is 615 g/mol. The Balaban J connectivity index is 0. The smallest absolute Gasteiger partial charge is 0.404 e. The van der Waals surface area contributed by atoms with Crippen LogP contribution in [0.4, 0.5) is 4.79 Å². The number of hydrogen-bond donors (Lipinski definition) is 3. The van der Waals surface area contributed by atoms with Crippen molar-refractivity contribution in [3.05, 3.63) is 0 Å². The van der Waals surface area contributed by atoms with Crippen LogP contribution in [0.15, 0.2) is 0 Å². The monoisotopic (exact) mass is 615 g/mol. The first kappa shape index (κ1) is 43.3. The van der Waals surface area contributed by atoms with Crippen LogP contribution in [0, 0.1) is 0 Å². The van der Waals surface area contributed by atoms with Crippen LogP contribution in [0.1, 0.15) is 181 Å². The molecule has 0 spiro atoms. The van der Waals surface area contributed by atoms with Gasteiger partial charge in [0.15, 0.2) is 0 Å². The highest BCUT2D eigenvalue weighted by Gasteiger charge is 2.03. The lowest BCUT2D eigenvalue weighted by Gasteiger charge is -2.05. The highest BCUT2D eigenvalue weighted by atomic mass is 16.5. The van der Waals surface area contributed by atoms with Gasteiger partial charge >= 0.3 is 18.0 Å². The summed E-state index contributed by atoms with van der Waals surface area (Å²) in [5.74, 6) is -0.127. The molecule has 0 saturated heterocycles. The van der Waals surface area contributed by atoms with Gasteiger partial charge in [-0.05, 0) is 45.1 Å². The van der Waals surface area contributed by atoms with E-state index in [-0.39, 0.29) is 11.9 Å². The summed E-state index contributed by atoms with van der Waals surface area (Å²) in [6.07, 6.45) is 28.0. The van der Waals surface area contributed by atoms with Crippen molar-refractivity contribution < 1.29 is 29.0 Å². The molecule has 0 aromatic rings. The second kappa shape index (κ2) is 38.2. The number of carboxylic acid groups (broad SMARTS) is 1. The molecule has 0 unspecified atom stereocenters. The van der Waals surface area contributed by atoms with E-state index in [1.165, 1.54) is 83.5 Å². The Bertz CT molecular complexity index is 603. The number of carbonyl (C=O) groups excluding carboxylic acids is 2. The van der Waals surface area contributed by atoms with Gasteiger partial charge in [0, 0.05) is 19.4 Å². The predicted octanol–water partition coefficient (Wildman–Crippen LogP) is 9.47. The molecule has 1 amide bonds. The Hall–Kier alpha value is -1.83. The highest BCUT2D eigenvalue weighted by molar-refractivity contribution is 5.69. The third-order valence-corrected chi connectivity index (χ3v) is 7.44. The fraction of sp³-hybridized carbons (Fsp3) is 0.914. The Morgan fingerprint density at radius 1 is 0.512 bits per heavy atom. The van der Waals surface area contributed by atoms with E-state index in [1.807, 2.05) is 0 Å². The zero-order chi connectivity index (χ0) is 32.1. The first-order valence-corrected chi connectivity index (χ1v) is 18.0. The van der Waals surface area contributed by atoms with Gasteiger partial charge in [-0.3, -0.25) is 9.59 Å². The van der Waals surface area contributed by atoms with E-state index in [1.54, 1.807) is 0 Å². The van der Waals surface area contributed by atoms with E-state index < -0.39 is 6.09 Å². The van der Waals surface area contributed by atoms with Crippen molar-refractivity contribution in [2.75, 3.05) is 26.3 Å². The summed E-state index contributed by atoms with van der Waals surface area (Å²) >= 11 is 0. The third-order valence-electron chi connectivity index (χ3n) is 7.44. The third kappa shape index (κ3) is 42.4. The maximum Gasteiger partial charge on any atom is 0.404 e. The fourth-order valence-corrected chi connectivity index (χ4v) is 4.70. The predicted molar refractivity (Wildman–Crippen MR) is 178 cm³/mol. The summed E-state index contributed by atoms with van der Waals surface area (Å²) < 4.78 is 10.4. The summed E-state index contributed by atoms with van der Waals surface area (Å²) in [5.41, 5.74) is 5.42. The minimum Gasteiger partial charge on any atom is -0.466 e. The van der Waals surface area contributed by atoms with E-state index in [4.69, 9.17) is 20.3 Å². The van der Waals surface area contributed by atoms with E-state index in [0.29, 0.717) is 32.6 Å². The zero-order valence-electron chi connectivity index (χ0n) is 28.3. The van der Waals surface area contributed by atoms with Gasteiger partial charge in [-0.25, -0.2) is 4.79 Å². The lowest BCUT2D eigenvalue weighted by atomic mass is 10.1. The number of unbranched alkanes of at least 4 members (excludes halogenated alkanes) is 20. The molecule has 0 saturated carbocycles. The van der Waals surface area contributed by atoms with Gasteiger partial charge in [0.25, 0.3) is 0 Å². The van der Waals surface area contributed by atoms with Crippen LogP contribution in [0.2, 0.25) is 0 Å². The number of amides is 1. The van der Waals surface area contributed by atoms with Crippen molar-refractivity contribution in [1.82, 2.24) is 5.32 Å². The molecule has 0 radical (unpaired) electrons. The van der Waals surface area contributed by atoms with Crippen LogP contribution < -0.4 is 11.1 Å². The van der Waals surface area contributed by atoms with E-state index in [2.05, 4.69) is 19.2 Å². The second-order valence-corrected chi connectivity index (χ2v) is 11.7. The molecule has 0 fully saturated rings. The molecule has 0 aliphatic rings. The Labute approximate surface area is 265 Å². The molecule has 0 aliphatic carbocycles. The topological polar surface area (TPSA) is 128 Å². The number of esters is 2. The maximum absolute atomic E-state index is 11.5. The van der Waals surface area contributed by atoms with Crippen molar-refractivity contribution in [1.29, 1.82) is 0 Å². The van der Waals surface area contributed by atoms with Gasteiger partial charge in [-0.1, -0.05) is 129 Å². The van der Waals surface area contributed by atoms with Crippen LogP contribution >= 0.6 is 0 Å². The molecule has 4 N–H and O–H groups in total. The first-order chi connectivity index (χ1) is 21.0. The van der Waals surface area contributed by atoms with Crippen LogP contribution in [0.5, 0.6) is 0 Å². The van der Waals surface area contributed by atoms with E-state index in [0.717, 1.165) is 77.2 Å². The highest BCUT2D eigenvalue weighted by Crippen LogP contribution is 2.10. The number of nitrogens with two attached hydrogens (primary N) is 1. The SMILES string of the molecule is CCCCCCCCCCOC(=O)CCCCCCN.CCCCCCCCCCOC(=O)CCCCCCNC(=O)O. The molecular weight excluding hydrogens is 544 g/mol. The first-order valence-electron chi connectivity index (χ1n) is 18.0. The van der Waals surface area contributed by atoms with Crippen LogP contribution in [-0.4, -0.2) is 49.4 Å². The summed E-state index contributed by atoms with van der Waals surface area (Å²) in [5, 5.41) is 10.7. The quantitative estimate of drug-likeness (QED) is 0.0524. The Morgan fingerprint density at radius 2 is 0.860 bits per heavy atom. The summed E-state index contributed by atoms with van der Waals surface area (Å²) in [6, 6.07) is 0. The van der Waals surface area contributed by atoms with Gasteiger partial charge in [0.05, 0.1) is 13.2 Å². The standard InChI is InChI=1S/C18H35NO4.C17H35NO2/c1-2-3-4-5-6-7-10-13-16-23-17(20)14-11-8-9-12-15-19-18(21)22;1-2-3-4-5-6-7-10-13-16-20-17(19)14-11-8-9-12-15-18/h19H,2-16H2,1H3,(H,21,22);2-16,18H2,1H3. The minimum atomic E-state index is -0.977. The van der Waals surface area contributed by atoms with Crippen molar-refractivity contribution in [3.8, 4) is 0 Å². The molecule has 8 heteroatoms. The number of hydrogen-bond acceptors (Lipinski definition) is 6. The molecule has 0 heterocycles. The van der Waals surface area contributed by atoms with Crippen LogP contribution in [-0.2, 0) is 19.1 Å². The number of nitrogens with one attached hydrogen (secondary N) is 1. The summed E-state index contributed by atoms with van der Waals surface area (Å²) in [4.78, 5) is 33.2. The van der Waals surface area contributed by atoms with E-state index in [9.17, 15) is 14.4 Å². The molecule has 8 nitrogen and oxygen atoms in total. The molecule has 0 aromatic heterocycles. The molecule has 0 atom stereocenters. The van der Waals surface area contributed by atoms with Crippen LogP contribution in [0.25, 0.3) is 0 Å². The molecule has 256 valence electrons. The lowest BCUT2D eigenvalue weighted by Crippen LogP contribution is -2.21. The molecule has 43 heavy (non-hydrogen) atoms.